The van der Waals surface area contributed by atoms with Gasteiger partial charge in [-0.15, -0.1) is 0 Å². The van der Waals surface area contributed by atoms with Crippen LogP contribution < -0.4 is 15.2 Å². The maximum absolute atomic E-state index is 7.32. The fraction of sp³-hybridized carbons (Fsp3) is 0.133. The maximum Gasteiger partial charge on any atom is 0.125 e. The summed E-state index contributed by atoms with van der Waals surface area (Å²) in [6, 6.07) is 12.4. The van der Waals surface area contributed by atoms with Crippen LogP contribution in [0.1, 0.15) is 11.1 Å². The van der Waals surface area contributed by atoms with Crippen molar-refractivity contribution in [3.63, 3.8) is 0 Å². The number of hydrogen-bond donors (Lipinski definition) is 2. The van der Waals surface area contributed by atoms with E-state index in [9.17, 15) is 0 Å². The Balaban J connectivity index is 2.08. The van der Waals surface area contributed by atoms with Crippen LogP contribution in [0.5, 0.6) is 11.5 Å². The molecular formula is C15H15ClN2O2. The third kappa shape index (κ3) is 3.42. The number of rotatable bonds is 5. The van der Waals surface area contributed by atoms with Gasteiger partial charge < -0.3 is 15.2 Å². The van der Waals surface area contributed by atoms with Gasteiger partial charge in [0.15, 0.2) is 0 Å². The number of nitrogen functional groups attached to an aromatic ring is 1. The number of hydrogen-bond acceptors (Lipinski definition) is 3. The highest BCUT2D eigenvalue weighted by atomic mass is 35.5. The Kier molecular flexibility index (Phi) is 4.48. The predicted octanol–water partition coefficient (Wildman–Crippen LogP) is 3.21. The molecule has 2 rings (SSSR count). The summed E-state index contributed by atoms with van der Waals surface area (Å²) in [5.41, 5.74) is 6.93. The summed E-state index contributed by atoms with van der Waals surface area (Å²) in [5, 5.41) is 7.96. The lowest BCUT2D eigenvalue weighted by Crippen LogP contribution is -2.10. The van der Waals surface area contributed by atoms with Crippen molar-refractivity contribution >= 4 is 17.4 Å². The monoisotopic (exact) mass is 290 g/mol. The second-order valence-electron chi connectivity index (χ2n) is 4.18. The number of benzene rings is 2. The lowest BCUT2D eigenvalue weighted by atomic mass is 10.2. The lowest BCUT2D eigenvalue weighted by molar-refractivity contribution is 0.296. The van der Waals surface area contributed by atoms with Crippen LogP contribution in [-0.4, -0.2) is 12.9 Å². The molecule has 4 nitrogen and oxygen atoms in total. The summed E-state index contributed by atoms with van der Waals surface area (Å²) < 4.78 is 10.9. The Hall–Kier alpha value is -2.20. The van der Waals surface area contributed by atoms with Gasteiger partial charge >= 0.3 is 0 Å². The molecule has 0 saturated heterocycles. The van der Waals surface area contributed by atoms with Crippen molar-refractivity contribution in [1.82, 2.24) is 0 Å². The van der Waals surface area contributed by atoms with Gasteiger partial charge in [-0.1, -0.05) is 11.6 Å². The van der Waals surface area contributed by atoms with E-state index in [1.807, 2.05) is 6.07 Å². The molecular weight excluding hydrogens is 276 g/mol. The smallest absolute Gasteiger partial charge is 0.125 e. The van der Waals surface area contributed by atoms with Crippen molar-refractivity contribution in [2.24, 2.45) is 5.73 Å². The van der Waals surface area contributed by atoms with E-state index in [-0.39, 0.29) is 5.84 Å². The topological polar surface area (TPSA) is 68.3 Å². The van der Waals surface area contributed by atoms with Crippen molar-refractivity contribution in [3.8, 4) is 11.5 Å². The predicted molar refractivity (Wildman–Crippen MR) is 79.8 cm³/mol. The molecule has 0 spiro atoms. The number of halogens is 1. The molecule has 0 aliphatic rings. The minimum Gasteiger partial charge on any atom is -0.496 e. The van der Waals surface area contributed by atoms with Gasteiger partial charge in [-0.3, -0.25) is 5.41 Å². The van der Waals surface area contributed by atoms with Crippen LogP contribution in [0, 0.1) is 5.41 Å². The van der Waals surface area contributed by atoms with Gasteiger partial charge in [-0.25, -0.2) is 0 Å². The summed E-state index contributed by atoms with van der Waals surface area (Å²) in [5.74, 6) is 1.46. The van der Waals surface area contributed by atoms with Gasteiger partial charge in [0, 0.05) is 16.1 Å². The Morgan fingerprint density at radius 1 is 1.20 bits per heavy atom. The van der Waals surface area contributed by atoms with E-state index in [4.69, 9.17) is 32.2 Å². The second kappa shape index (κ2) is 6.30. The zero-order chi connectivity index (χ0) is 14.5. The number of nitrogens with one attached hydrogen (secondary N) is 1. The zero-order valence-corrected chi connectivity index (χ0v) is 11.8. The SMILES string of the molecule is COc1ccc(Cl)cc1COc1ccc(C(=N)N)cc1. The molecule has 0 aliphatic heterocycles. The first-order valence-electron chi connectivity index (χ1n) is 6.00. The molecule has 0 heterocycles. The van der Waals surface area contributed by atoms with Gasteiger partial charge in [0.25, 0.3) is 0 Å². The van der Waals surface area contributed by atoms with E-state index < -0.39 is 0 Å². The number of ether oxygens (including phenoxy) is 2. The maximum atomic E-state index is 7.32. The number of amidine groups is 1. The Morgan fingerprint density at radius 2 is 1.90 bits per heavy atom. The Morgan fingerprint density at radius 3 is 2.50 bits per heavy atom. The quantitative estimate of drug-likeness (QED) is 0.656. The molecule has 0 fully saturated rings. The minimum absolute atomic E-state index is 0.0352. The van der Waals surface area contributed by atoms with Crippen molar-refractivity contribution in [2.45, 2.75) is 6.61 Å². The highest BCUT2D eigenvalue weighted by molar-refractivity contribution is 6.30. The molecule has 5 heteroatoms. The van der Waals surface area contributed by atoms with E-state index >= 15 is 0 Å². The van der Waals surface area contributed by atoms with E-state index in [1.165, 1.54) is 0 Å². The Labute approximate surface area is 122 Å². The Bertz CT molecular complexity index is 612. The van der Waals surface area contributed by atoms with Gasteiger partial charge in [0.05, 0.1) is 7.11 Å². The zero-order valence-electron chi connectivity index (χ0n) is 11.0. The molecule has 2 aromatic rings. The molecule has 0 amide bonds. The van der Waals surface area contributed by atoms with E-state index in [0.29, 0.717) is 22.9 Å². The molecule has 0 bridgehead atoms. The average Bonchev–Trinajstić information content (AvgIpc) is 2.45. The van der Waals surface area contributed by atoms with Crippen LogP contribution in [0.15, 0.2) is 42.5 Å². The molecule has 0 aromatic heterocycles. The third-order valence-corrected chi connectivity index (χ3v) is 3.04. The molecule has 104 valence electrons. The average molecular weight is 291 g/mol. The number of methoxy groups -OCH3 is 1. The van der Waals surface area contributed by atoms with Gasteiger partial charge in [0.1, 0.15) is 23.9 Å². The molecule has 0 unspecified atom stereocenters. The molecule has 20 heavy (non-hydrogen) atoms. The van der Waals surface area contributed by atoms with Gasteiger partial charge in [-0.2, -0.15) is 0 Å². The minimum atomic E-state index is 0.0352. The van der Waals surface area contributed by atoms with E-state index in [0.717, 1.165) is 11.3 Å². The molecule has 2 aromatic carbocycles. The molecule has 0 atom stereocenters. The van der Waals surface area contributed by atoms with E-state index in [2.05, 4.69) is 0 Å². The normalized spacial score (nSPS) is 10.1. The highest BCUT2D eigenvalue weighted by Crippen LogP contribution is 2.24. The first kappa shape index (κ1) is 14.2. The standard InChI is InChI=1S/C15H15ClN2O2/c1-19-14-7-4-12(16)8-11(14)9-20-13-5-2-10(3-6-13)15(17)18/h2-8H,9H2,1H3,(H3,17,18). The summed E-state index contributed by atoms with van der Waals surface area (Å²) in [7, 11) is 1.61. The largest absolute Gasteiger partial charge is 0.496 e. The summed E-state index contributed by atoms with van der Waals surface area (Å²) in [4.78, 5) is 0. The summed E-state index contributed by atoms with van der Waals surface area (Å²) in [6.07, 6.45) is 0. The fourth-order valence-electron chi connectivity index (χ4n) is 1.75. The molecule has 0 saturated carbocycles. The molecule has 3 N–H and O–H groups in total. The van der Waals surface area contributed by atoms with Gasteiger partial charge in [0.2, 0.25) is 0 Å². The van der Waals surface area contributed by atoms with Crippen LogP contribution >= 0.6 is 11.6 Å². The van der Waals surface area contributed by atoms with Crippen LogP contribution in [0.25, 0.3) is 0 Å². The summed E-state index contributed by atoms with van der Waals surface area (Å²) in [6.45, 7) is 0.350. The molecule has 0 aliphatic carbocycles. The fourth-order valence-corrected chi connectivity index (χ4v) is 1.95. The van der Waals surface area contributed by atoms with Crippen molar-refractivity contribution in [1.29, 1.82) is 5.41 Å². The molecule has 0 radical (unpaired) electrons. The number of nitrogens with two attached hydrogens (primary N) is 1. The van der Waals surface area contributed by atoms with Crippen LogP contribution in [0.4, 0.5) is 0 Å². The van der Waals surface area contributed by atoms with Crippen LogP contribution in [0.2, 0.25) is 5.02 Å². The third-order valence-electron chi connectivity index (χ3n) is 2.80. The van der Waals surface area contributed by atoms with Crippen molar-refractivity contribution < 1.29 is 9.47 Å². The van der Waals surface area contributed by atoms with Crippen molar-refractivity contribution in [2.75, 3.05) is 7.11 Å². The highest BCUT2D eigenvalue weighted by Gasteiger charge is 2.05. The van der Waals surface area contributed by atoms with E-state index in [1.54, 1.807) is 43.5 Å². The first-order chi connectivity index (χ1) is 9.60. The second-order valence-corrected chi connectivity index (χ2v) is 4.62. The van der Waals surface area contributed by atoms with Crippen LogP contribution in [0.3, 0.4) is 0 Å². The first-order valence-corrected chi connectivity index (χ1v) is 6.37. The summed E-state index contributed by atoms with van der Waals surface area (Å²) >= 11 is 5.96. The lowest BCUT2D eigenvalue weighted by Gasteiger charge is -2.11. The van der Waals surface area contributed by atoms with Crippen molar-refractivity contribution in [3.05, 3.63) is 58.6 Å². The van der Waals surface area contributed by atoms with Gasteiger partial charge in [-0.05, 0) is 42.5 Å². The van der Waals surface area contributed by atoms with Crippen LogP contribution in [-0.2, 0) is 6.61 Å².